The standard InChI is InChI=1S/C22H32N2O2/c1-17(2)8-13-23-20(25)22(11-12-22)21(26)24-14-9-19(10-15-24)16-18-6-4-3-5-7-18/h3-7,17,19H,8-16H2,1-2H3,(H,23,25). The molecule has 0 unspecified atom stereocenters. The van der Waals surface area contributed by atoms with Crippen LogP contribution in [0.25, 0.3) is 0 Å². The zero-order valence-electron chi connectivity index (χ0n) is 16.2. The first-order valence-corrected chi connectivity index (χ1v) is 10.1. The van der Waals surface area contributed by atoms with Crippen molar-refractivity contribution in [1.29, 1.82) is 0 Å². The molecular weight excluding hydrogens is 324 g/mol. The van der Waals surface area contributed by atoms with Crippen LogP contribution in [0.1, 0.15) is 51.5 Å². The fraction of sp³-hybridized carbons (Fsp3) is 0.636. The number of rotatable bonds is 7. The zero-order chi connectivity index (χ0) is 18.6. The molecule has 0 spiro atoms. The quantitative estimate of drug-likeness (QED) is 0.761. The van der Waals surface area contributed by atoms with E-state index < -0.39 is 5.41 Å². The van der Waals surface area contributed by atoms with Crippen molar-refractivity contribution in [2.45, 2.75) is 52.4 Å². The predicted octanol–water partition coefficient (Wildman–Crippen LogP) is 3.41. The van der Waals surface area contributed by atoms with Crippen molar-refractivity contribution in [3.63, 3.8) is 0 Å². The molecule has 1 saturated heterocycles. The molecule has 1 saturated carbocycles. The molecule has 4 heteroatoms. The van der Waals surface area contributed by atoms with Crippen molar-refractivity contribution in [3.05, 3.63) is 35.9 Å². The Balaban J connectivity index is 1.48. The molecule has 3 rings (SSSR count). The summed E-state index contributed by atoms with van der Waals surface area (Å²) in [6.07, 6.45) is 5.54. The van der Waals surface area contributed by atoms with E-state index in [2.05, 4.69) is 43.4 Å². The van der Waals surface area contributed by atoms with Gasteiger partial charge in [-0.2, -0.15) is 0 Å². The number of nitrogens with zero attached hydrogens (tertiary/aromatic N) is 1. The summed E-state index contributed by atoms with van der Waals surface area (Å²) >= 11 is 0. The van der Waals surface area contributed by atoms with E-state index in [9.17, 15) is 9.59 Å². The summed E-state index contributed by atoms with van der Waals surface area (Å²) in [6.45, 7) is 6.53. The van der Waals surface area contributed by atoms with Gasteiger partial charge in [-0.25, -0.2) is 0 Å². The molecule has 1 aliphatic carbocycles. The van der Waals surface area contributed by atoms with Crippen LogP contribution in [0.2, 0.25) is 0 Å². The Bertz CT molecular complexity index is 614. The predicted molar refractivity (Wildman–Crippen MR) is 104 cm³/mol. The maximum absolute atomic E-state index is 13.0. The number of benzene rings is 1. The van der Waals surface area contributed by atoms with Crippen LogP contribution in [0.5, 0.6) is 0 Å². The summed E-state index contributed by atoms with van der Waals surface area (Å²) in [7, 11) is 0. The first-order chi connectivity index (χ1) is 12.5. The highest BCUT2D eigenvalue weighted by Gasteiger charge is 2.58. The number of hydrogen-bond acceptors (Lipinski definition) is 2. The van der Waals surface area contributed by atoms with Gasteiger partial charge in [-0.15, -0.1) is 0 Å². The second kappa shape index (κ2) is 8.24. The lowest BCUT2D eigenvalue weighted by Gasteiger charge is -2.34. The van der Waals surface area contributed by atoms with Crippen molar-refractivity contribution in [3.8, 4) is 0 Å². The number of carbonyl (C=O) groups is 2. The fourth-order valence-corrected chi connectivity index (χ4v) is 3.90. The molecule has 142 valence electrons. The Morgan fingerprint density at radius 1 is 1.15 bits per heavy atom. The summed E-state index contributed by atoms with van der Waals surface area (Å²) in [5, 5.41) is 2.99. The van der Waals surface area contributed by atoms with Gasteiger partial charge in [0.1, 0.15) is 5.41 Å². The van der Waals surface area contributed by atoms with E-state index >= 15 is 0 Å². The van der Waals surface area contributed by atoms with Gasteiger partial charge in [-0.05, 0) is 55.9 Å². The third-order valence-electron chi connectivity index (χ3n) is 5.87. The molecule has 1 heterocycles. The van der Waals surface area contributed by atoms with E-state index in [1.807, 2.05) is 11.0 Å². The van der Waals surface area contributed by atoms with Crippen molar-refractivity contribution >= 4 is 11.8 Å². The van der Waals surface area contributed by atoms with Crippen molar-refractivity contribution < 1.29 is 9.59 Å². The van der Waals surface area contributed by atoms with E-state index in [-0.39, 0.29) is 11.8 Å². The second-order valence-corrected chi connectivity index (χ2v) is 8.45. The van der Waals surface area contributed by atoms with E-state index in [0.29, 0.717) is 31.2 Å². The van der Waals surface area contributed by atoms with Crippen molar-refractivity contribution in [2.24, 2.45) is 17.3 Å². The molecule has 1 aromatic rings. The lowest BCUT2D eigenvalue weighted by molar-refractivity contribution is -0.145. The topological polar surface area (TPSA) is 49.4 Å². The largest absolute Gasteiger partial charge is 0.355 e. The van der Waals surface area contributed by atoms with Crippen LogP contribution in [0.4, 0.5) is 0 Å². The van der Waals surface area contributed by atoms with E-state index in [1.54, 1.807) is 0 Å². The van der Waals surface area contributed by atoms with Crippen LogP contribution < -0.4 is 5.32 Å². The minimum atomic E-state index is -0.747. The number of nitrogens with one attached hydrogen (secondary N) is 1. The van der Waals surface area contributed by atoms with Gasteiger partial charge in [0.05, 0.1) is 0 Å². The molecule has 1 N–H and O–H groups in total. The van der Waals surface area contributed by atoms with Gasteiger partial charge in [-0.3, -0.25) is 9.59 Å². The van der Waals surface area contributed by atoms with Gasteiger partial charge in [0.25, 0.3) is 0 Å². The summed E-state index contributed by atoms with van der Waals surface area (Å²) in [5.74, 6) is 1.22. The maximum atomic E-state index is 13.0. The second-order valence-electron chi connectivity index (χ2n) is 8.45. The Kier molecular flexibility index (Phi) is 6.00. The molecule has 2 aliphatic rings. The normalized spacial score (nSPS) is 19.4. The lowest BCUT2D eigenvalue weighted by Crippen LogP contribution is -2.48. The van der Waals surface area contributed by atoms with E-state index in [0.717, 1.165) is 38.8 Å². The van der Waals surface area contributed by atoms with Gasteiger partial charge >= 0.3 is 0 Å². The SMILES string of the molecule is CC(C)CCNC(=O)C1(C(=O)N2CCC(Cc3ccccc3)CC2)CC1. The molecule has 0 atom stereocenters. The van der Waals surface area contributed by atoms with Crippen molar-refractivity contribution in [2.75, 3.05) is 19.6 Å². The molecule has 0 radical (unpaired) electrons. The molecule has 1 aromatic carbocycles. The van der Waals surface area contributed by atoms with Crippen LogP contribution in [0.3, 0.4) is 0 Å². The van der Waals surface area contributed by atoms with Crippen LogP contribution in [0.15, 0.2) is 30.3 Å². The fourth-order valence-electron chi connectivity index (χ4n) is 3.90. The summed E-state index contributed by atoms with van der Waals surface area (Å²) in [6, 6.07) is 10.6. The van der Waals surface area contributed by atoms with Crippen LogP contribution in [-0.2, 0) is 16.0 Å². The molecule has 0 aromatic heterocycles. The van der Waals surface area contributed by atoms with Crippen molar-refractivity contribution in [1.82, 2.24) is 10.2 Å². The van der Waals surface area contributed by atoms with E-state index in [4.69, 9.17) is 0 Å². The zero-order valence-corrected chi connectivity index (χ0v) is 16.2. The first-order valence-electron chi connectivity index (χ1n) is 10.1. The summed E-state index contributed by atoms with van der Waals surface area (Å²) in [4.78, 5) is 27.4. The van der Waals surface area contributed by atoms with Gasteiger partial charge < -0.3 is 10.2 Å². The molecule has 0 bridgehead atoms. The molecular formula is C22H32N2O2. The Hall–Kier alpha value is -1.84. The van der Waals surface area contributed by atoms with Gasteiger partial charge in [0.2, 0.25) is 11.8 Å². The molecule has 26 heavy (non-hydrogen) atoms. The number of piperidine rings is 1. The number of hydrogen-bond donors (Lipinski definition) is 1. The highest BCUT2D eigenvalue weighted by molar-refractivity contribution is 6.07. The Morgan fingerprint density at radius 2 is 1.81 bits per heavy atom. The molecule has 2 fully saturated rings. The Morgan fingerprint density at radius 3 is 2.38 bits per heavy atom. The maximum Gasteiger partial charge on any atom is 0.238 e. The first kappa shape index (κ1) is 18.9. The van der Waals surface area contributed by atoms with Gasteiger partial charge in [-0.1, -0.05) is 44.2 Å². The van der Waals surface area contributed by atoms with Crippen LogP contribution in [0, 0.1) is 17.3 Å². The van der Waals surface area contributed by atoms with Crippen LogP contribution in [-0.4, -0.2) is 36.3 Å². The minimum Gasteiger partial charge on any atom is -0.355 e. The average molecular weight is 357 g/mol. The lowest BCUT2D eigenvalue weighted by atomic mass is 9.89. The van der Waals surface area contributed by atoms with Gasteiger partial charge in [0, 0.05) is 19.6 Å². The number of likely N-dealkylation sites (tertiary alicyclic amines) is 1. The smallest absolute Gasteiger partial charge is 0.238 e. The molecule has 2 amide bonds. The number of carbonyl (C=O) groups excluding carboxylic acids is 2. The molecule has 4 nitrogen and oxygen atoms in total. The average Bonchev–Trinajstić information content (AvgIpc) is 3.44. The van der Waals surface area contributed by atoms with Crippen LogP contribution >= 0.6 is 0 Å². The van der Waals surface area contributed by atoms with E-state index in [1.165, 1.54) is 5.56 Å². The monoisotopic (exact) mass is 356 g/mol. The highest BCUT2D eigenvalue weighted by atomic mass is 16.2. The minimum absolute atomic E-state index is 0.0467. The molecule has 1 aliphatic heterocycles. The highest BCUT2D eigenvalue weighted by Crippen LogP contribution is 2.48. The number of amides is 2. The van der Waals surface area contributed by atoms with Gasteiger partial charge in [0.15, 0.2) is 0 Å². The third kappa shape index (κ3) is 4.46. The third-order valence-corrected chi connectivity index (χ3v) is 5.87. The summed E-state index contributed by atoms with van der Waals surface area (Å²) < 4.78 is 0. The summed E-state index contributed by atoms with van der Waals surface area (Å²) in [5.41, 5.74) is 0.629. The Labute approximate surface area is 157 Å².